The van der Waals surface area contributed by atoms with Gasteiger partial charge in [-0.3, -0.25) is 9.11 Å². The quantitative estimate of drug-likeness (QED) is 0.290. The van der Waals surface area contributed by atoms with Crippen molar-refractivity contribution in [1.82, 2.24) is 4.90 Å². The lowest BCUT2D eigenvalue weighted by atomic mass is 9.68. The summed E-state index contributed by atoms with van der Waals surface area (Å²) in [6, 6.07) is -0.0461. The van der Waals surface area contributed by atoms with Crippen LogP contribution in [0, 0.1) is 11.8 Å². The number of thioether (sulfide) groups is 2. The van der Waals surface area contributed by atoms with Gasteiger partial charge in [-0.05, 0) is 62.6 Å². The summed E-state index contributed by atoms with van der Waals surface area (Å²) in [5, 5.41) is 1.88. The summed E-state index contributed by atoms with van der Waals surface area (Å²) >= 11 is 9.64. The number of hydrogen-bond acceptors (Lipinski definition) is 7. The molecule has 3 saturated carbocycles. The van der Waals surface area contributed by atoms with Crippen molar-refractivity contribution in [2.24, 2.45) is 11.8 Å². The molecule has 2 heterocycles. The molecule has 5 rings (SSSR count). The molecule has 0 amide bonds. The first-order valence-electron chi connectivity index (χ1n) is 12.0. The number of alkyl halides is 1. The normalized spacial score (nSPS) is 39.8. The second-order valence-corrected chi connectivity index (χ2v) is 16.2. The molecule has 0 radical (unpaired) electrons. The van der Waals surface area contributed by atoms with E-state index in [1.165, 1.54) is 12.8 Å². The molecule has 3 aliphatic carbocycles. The summed E-state index contributed by atoms with van der Waals surface area (Å²) in [6.07, 6.45) is 11.0. The van der Waals surface area contributed by atoms with Gasteiger partial charge >= 0.3 is 10.1 Å². The fourth-order valence-corrected chi connectivity index (χ4v) is 11.7. The van der Waals surface area contributed by atoms with Crippen LogP contribution in [0.1, 0.15) is 57.8 Å². The summed E-state index contributed by atoms with van der Waals surface area (Å²) in [5.74, 6) is 0.0299. The molecule has 2 aliphatic heterocycles. The van der Waals surface area contributed by atoms with Crippen LogP contribution >= 0.6 is 35.1 Å². The minimum atomic E-state index is -4.26. The van der Waals surface area contributed by atoms with E-state index in [0.29, 0.717) is 18.3 Å². The van der Waals surface area contributed by atoms with E-state index < -0.39 is 32.0 Å². The first-order chi connectivity index (χ1) is 16.0. The monoisotopic (exact) mass is 571 g/mol. The highest BCUT2D eigenvalue weighted by Crippen LogP contribution is 2.50. The van der Waals surface area contributed by atoms with E-state index >= 15 is 0 Å². The van der Waals surface area contributed by atoms with Crippen LogP contribution in [-0.4, -0.2) is 80.2 Å². The average Bonchev–Trinajstić information content (AvgIpc) is 3.24. The van der Waals surface area contributed by atoms with E-state index in [1.807, 2.05) is 10.7 Å². The van der Waals surface area contributed by atoms with Crippen LogP contribution in [0.5, 0.6) is 0 Å². The third-order valence-corrected chi connectivity index (χ3v) is 12.5. The van der Waals surface area contributed by atoms with Gasteiger partial charge in [0.1, 0.15) is 5.88 Å². The first kappa shape index (κ1) is 25.7. The van der Waals surface area contributed by atoms with Crippen LogP contribution in [0.2, 0.25) is 0 Å². The van der Waals surface area contributed by atoms with Crippen LogP contribution in [0.15, 0.2) is 11.1 Å². The minimum absolute atomic E-state index is 0.0410. The maximum atomic E-state index is 12.0. The van der Waals surface area contributed by atoms with Crippen molar-refractivity contribution in [2.75, 3.05) is 11.8 Å². The van der Waals surface area contributed by atoms with Gasteiger partial charge in [0.05, 0.1) is 10.3 Å². The van der Waals surface area contributed by atoms with Crippen LogP contribution < -0.4 is 0 Å². The van der Waals surface area contributed by atoms with Gasteiger partial charge in [0.15, 0.2) is 6.04 Å². The first-order valence-corrected chi connectivity index (χ1v) is 17.4. The molecule has 7 atom stereocenters. The molecule has 2 N–H and O–H groups in total. The van der Waals surface area contributed by atoms with Crippen molar-refractivity contribution < 1.29 is 30.5 Å². The summed E-state index contributed by atoms with van der Waals surface area (Å²) < 4.78 is 69.0. The van der Waals surface area contributed by atoms with E-state index in [9.17, 15) is 25.9 Å². The van der Waals surface area contributed by atoms with Crippen molar-refractivity contribution in [3.05, 3.63) is 11.1 Å². The minimum Gasteiger partial charge on any atom is -0.346 e. The van der Waals surface area contributed by atoms with Crippen LogP contribution in [0.3, 0.4) is 0 Å². The highest BCUT2D eigenvalue weighted by molar-refractivity contribution is 8.15. The number of hydrogen-bond donors (Lipinski definition) is 2. The Morgan fingerprint density at radius 1 is 0.971 bits per heavy atom. The summed E-state index contributed by atoms with van der Waals surface area (Å²) in [6.45, 7) is 0. The molecule has 192 valence electrons. The average molecular weight is 572 g/mol. The van der Waals surface area contributed by atoms with Crippen LogP contribution in [-0.2, 0) is 20.2 Å². The Bertz CT molecular complexity index is 1090. The molecule has 7 unspecified atom stereocenters. The maximum absolute atomic E-state index is 12.0. The molecule has 0 aromatic rings. The van der Waals surface area contributed by atoms with Crippen molar-refractivity contribution in [3.63, 3.8) is 0 Å². The summed E-state index contributed by atoms with van der Waals surface area (Å²) in [5.41, 5.74) is 0. The molecule has 0 spiro atoms. The third-order valence-electron chi connectivity index (χ3n) is 8.02. The topological polar surface area (TPSA) is 115 Å². The van der Waals surface area contributed by atoms with Gasteiger partial charge in [-0.2, -0.15) is 16.8 Å². The molecular weight excluding hydrogens is 540 g/mol. The van der Waals surface area contributed by atoms with E-state index in [2.05, 4.69) is 0 Å². The lowest BCUT2D eigenvalue weighted by molar-refractivity contribution is -0.556. The smallest absolute Gasteiger partial charge is 0.326 e. The maximum Gasteiger partial charge on any atom is 0.326 e. The van der Waals surface area contributed by atoms with Crippen molar-refractivity contribution >= 4 is 60.4 Å². The summed E-state index contributed by atoms with van der Waals surface area (Å²) in [4.78, 5) is 1.73. The Morgan fingerprint density at radius 2 is 1.71 bits per heavy atom. The zero-order valence-corrected chi connectivity index (χ0v) is 22.9. The van der Waals surface area contributed by atoms with E-state index in [-0.39, 0.29) is 28.0 Å². The second-order valence-electron chi connectivity index (χ2n) is 10.2. The van der Waals surface area contributed by atoms with Crippen molar-refractivity contribution in [2.45, 2.75) is 85.7 Å². The van der Waals surface area contributed by atoms with Crippen LogP contribution in [0.25, 0.3) is 0 Å². The summed E-state index contributed by atoms with van der Waals surface area (Å²) in [7, 11) is -8.50. The standard InChI is InChI=1S/C21H31ClN2O6S4/c22-14-6-8-17-16(9-14)23(11-33(25,26)27)19(31-17)10-20-24(12-34(28,29)30)21-15-4-2-1-3-13(15)5-7-18(21)32-20/h10,13-18,21H,1-9,11-12H2,(H-,25,26,27,28,29,30)/p+1. The lowest BCUT2D eigenvalue weighted by Crippen LogP contribution is -2.47. The highest BCUT2D eigenvalue weighted by atomic mass is 35.5. The molecular formula is C21H32ClN2O6S4+. The van der Waals surface area contributed by atoms with Gasteiger partial charge in [0.2, 0.25) is 5.04 Å². The molecule has 0 aromatic carbocycles. The van der Waals surface area contributed by atoms with Gasteiger partial charge in [-0.1, -0.05) is 12.8 Å². The molecule has 13 heteroatoms. The number of fused-ring (bicyclic) bond motifs is 4. The SMILES string of the molecule is O=S(=O)(O)CN1C(=CC2=[N+](CS(=O)(=O)O)C3C(CCC4CCCCC43)S2)SC2CCC(Cl)CC21. The Labute approximate surface area is 215 Å². The lowest BCUT2D eigenvalue weighted by Gasteiger charge is -2.40. The Hall–Kier alpha value is 0.0200. The predicted molar refractivity (Wildman–Crippen MR) is 137 cm³/mol. The number of halogens is 1. The van der Waals surface area contributed by atoms with E-state index in [1.54, 1.807) is 28.4 Å². The Morgan fingerprint density at radius 3 is 2.44 bits per heavy atom. The van der Waals surface area contributed by atoms with Crippen LogP contribution in [0.4, 0.5) is 0 Å². The molecule has 4 fully saturated rings. The van der Waals surface area contributed by atoms with E-state index in [0.717, 1.165) is 48.6 Å². The highest BCUT2D eigenvalue weighted by Gasteiger charge is 2.53. The number of nitrogens with zero attached hydrogens (tertiary/aromatic N) is 2. The van der Waals surface area contributed by atoms with Gasteiger partial charge in [0, 0.05) is 28.7 Å². The van der Waals surface area contributed by atoms with Gasteiger partial charge in [0.25, 0.3) is 16.0 Å². The Kier molecular flexibility index (Phi) is 7.34. The third kappa shape index (κ3) is 5.47. The largest absolute Gasteiger partial charge is 0.346 e. The van der Waals surface area contributed by atoms with Gasteiger partial charge < -0.3 is 4.90 Å². The Balaban J connectivity index is 1.53. The van der Waals surface area contributed by atoms with Gasteiger partial charge in [-0.15, -0.1) is 23.4 Å². The fourth-order valence-electron chi connectivity index (χ4n) is 6.72. The van der Waals surface area contributed by atoms with Gasteiger partial charge in [-0.25, -0.2) is 4.58 Å². The molecule has 1 saturated heterocycles. The zero-order valence-electron chi connectivity index (χ0n) is 18.8. The van der Waals surface area contributed by atoms with Crippen molar-refractivity contribution in [3.8, 4) is 0 Å². The molecule has 8 nitrogen and oxygen atoms in total. The molecule has 0 bridgehead atoms. The fraction of sp³-hybridized carbons (Fsp3) is 0.857. The second kappa shape index (κ2) is 9.72. The molecule has 0 aromatic heterocycles. The number of rotatable bonds is 5. The van der Waals surface area contributed by atoms with Crippen molar-refractivity contribution in [1.29, 1.82) is 0 Å². The molecule has 34 heavy (non-hydrogen) atoms. The van der Waals surface area contributed by atoms with E-state index in [4.69, 9.17) is 11.6 Å². The molecule has 5 aliphatic rings. The zero-order chi connectivity index (χ0) is 24.3. The predicted octanol–water partition coefficient (Wildman–Crippen LogP) is 3.59.